The Bertz CT molecular complexity index is 7400. The lowest BCUT2D eigenvalue weighted by Crippen LogP contribution is -2.32. The molecule has 0 aliphatic carbocycles. The van der Waals surface area contributed by atoms with E-state index in [1.807, 2.05) is 61.5 Å². The minimum atomic E-state index is -0.721. The Kier molecular flexibility index (Phi) is 25.7. The van der Waals surface area contributed by atoms with Gasteiger partial charge in [-0.05, 0) is 294 Å². The first-order valence-corrected chi connectivity index (χ1v) is 46.1. The Morgan fingerprint density at radius 2 is 0.515 bits per heavy atom. The second-order valence-corrected chi connectivity index (χ2v) is 36.9. The van der Waals surface area contributed by atoms with Gasteiger partial charge in [-0.1, -0.05) is 273 Å². The number of hydrogen-bond donors (Lipinski definition) is 0. The van der Waals surface area contributed by atoms with Gasteiger partial charge in [-0.15, -0.1) is 0 Å². The number of aryl methyl sites for hydroxylation is 9. The van der Waals surface area contributed by atoms with Crippen molar-refractivity contribution in [3.05, 3.63) is 396 Å². The van der Waals surface area contributed by atoms with Crippen molar-refractivity contribution < 1.29 is 23.8 Å². The zero-order valence-corrected chi connectivity index (χ0v) is 79.6. The quantitative estimate of drug-likeness (QED) is 0.0900. The van der Waals surface area contributed by atoms with Crippen molar-refractivity contribution in [1.29, 1.82) is 0 Å². The number of rotatable bonds is 16. The first kappa shape index (κ1) is 84.5. The molecule has 0 saturated carbocycles. The summed E-state index contributed by atoms with van der Waals surface area (Å²) in [5.41, 5.74) is 36.4. The third-order valence-electron chi connectivity index (χ3n) is 26.2. The normalized spacial score (nSPS) is 12.8. The molecule has 14 aromatic carbocycles. The van der Waals surface area contributed by atoms with Gasteiger partial charge in [0.2, 0.25) is 22.8 Å². The Morgan fingerprint density at radius 3 is 0.831 bits per heavy atom. The number of benzene rings is 14. The fourth-order valence-electron chi connectivity index (χ4n) is 18.6. The Morgan fingerprint density at radius 1 is 0.254 bits per heavy atom. The van der Waals surface area contributed by atoms with Crippen molar-refractivity contribution in [2.45, 2.75) is 133 Å². The van der Waals surface area contributed by atoms with Gasteiger partial charge in [0.1, 0.15) is 28.2 Å². The van der Waals surface area contributed by atoms with Crippen LogP contribution in [0.5, 0.6) is 0 Å². The van der Waals surface area contributed by atoms with Crippen molar-refractivity contribution in [3.8, 4) is 112 Å². The average molecular weight is 1710 g/mol. The third-order valence-corrected chi connectivity index (χ3v) is 26.2. The first-order valence-electron chi connectivity index (χ1n) is 48.1. The van der Waals surface area contributed by atoms with E-state index in [1.165, 1.54) is 157 Å². The van der Waals surface area contributed by atoms with Crippen LogP contribution in [-0.4, -0.2) is 27.2 Å². The highest BCUT2D eigenvalue weighted by atomic mass is 15.1. The monoisotopic (exact) mass is 1710 g/mol. The van der Waals surface area contributed by atoms with Gasteiger partial charge in [0, 0.05) is 113 Å². The minimum absolute atomic E-state index is 0.704. The van der Waals surface area contributed by atoms with E-state index in [0.29, 0.717) is 0 Å². The molecule has 0 N–H and O–H groups in total. The molecular weight excluding hydrogens is 1570 g/mol. The molecule has 0 atom stereocenters. The van der Waals surface area contributed by atoms with Crippen LogP contribution in [0, 0.1) is 34.6 Å². The minimum Gasteiger partial charge on any atom is -0.378 e. The van der Waals surface area contributed by atoms with Crippen LogP contribution in [0.4, 0.5) is 11.4 Å². The van der Waals surface area contributed by atoms with E-state index in [0.717, 1.165) is 91.4 Å². The van der Waals surface area contributed by atoms with Crippen LogP contribution in [0.2, 0.25) is 0 Å². The largest absolute Gasteiger partial charge is 0.378 e. The Hall–Kier alpha value is -13.7. The predicted octanol–water partition coefficient (Wildman–Crippen LogP) is 30.4. The van der Waals surface area contributed by atoms with Crippen LogP contribution >= 0.6 is 0 Å². The molecule has 6 nitrogen and oxygen atoms in total. The highest BCUT2D eigenvalue weighted by Crippen LogP contribution is 2.42. The molecule has 19 rings (SSSR count). The third kappa shape index (κ3) is 19.8. The lowest BCUT2D eigenvalue weighted by atomic mass is 9.90. The van der Waals surface area contributed by atoms with Crippen LogP contribution in [-0.2, 0) is 28.2 Å². The molecule has 1 aliphatic heterocycles. The fourth-order valence-corrected chi connectivity index (χ4v) is 18.6. The molecule has 5 heterocycles. The standard InChI is InChI=1S/C33H32N.C32H30N.C31H35N2.C28H31N2/c1-22(2)32-21-34(5)33(30-9-7-6-8-24(30)4)20-31(32)29-17-16-27-18-26(14-15-28(27)19-29)25-12-10-23(3)11-13-25;1-22(2)31-21-33(4)32(29-13-9-8-10-23(29)3)20-30(31)28-17-16-26-18-25(14-15-27(26)19-28)24-11-6-5-7-12-24;1-22(2)30-21-32(4)31(28-11-7-6-10-23(28)3)20-29(30)26-13-12-25-19-27(15-14-24(25)18-26)33-16-8-5-9-17-33;1-19(2)27-18-30(6)28(25-10-8-7-9-20(25)3)17-26(27)23-12-11-22-16-24(29(4)5)14-13-21(22)15-23/h6-22H,1-5H3;5-22H,1-4H3;6-7,10-15,18-22H,5,8-9,16-17H2,1-4H3;7-19H,1-6H3/q4*+1/i3*22D;19D. The fraction of sp³-hybridized carbons (Fsp3) is 0.226. The van der Waals surface area contributed by atoms with Gasteiger partial charge in [0.05, 0.1) is 0 Å². The first-order chi connectivity index (χ1) is 64.0. The lowest BCUT2D eigenvalue weighted by Gasteiger charge is -2.29. The average Bonchev–Trinajstić information content (AvgIpc) is 0.765. The molecule has 130 heavy (non-hydrogen) atoms. The summed E-state index contributed by atoms with van der Waals surface area (Å²) in [6.45, 7) is 28.8. The van der Waals surface area contributed by atoms with Crippen LogP contribution in [0.1, 0.15) is 154 Å². The van der Waals surface area contributed by atoms with Gasteiger partial charge in [0.15, 0.2) is 24.8 Å². The molecule has 0 bridgehead atoms. The van der Waals surface area contributed by atoms with E-state index >= 15 is 0 Å². The SMILES string of the molecule is [2H]C(C)(C)c1c[n+](C)c(-c2ccccc2C)cc1-c1ccc2cc(-c3ccc(C)cc3)ccc2c1.[2H]C(C)(C)c1c[n+](C)c(-c2ccccc2C)cc1-c1ccc2cc(-c3ccccc3)ccc2c1.[2H]C(C)(C)c1c[n+](C)c(-c2ccccc2C)cc1-c1ccc2cc(N(C)C)ccc2c1.[2H]C(C)(C)c1c[n+](C)c(-c2ccccc2C)cc1-c1ccc2cc(N3CCCCC3)ccc2c1. The van der Waals surface area contributed by atoms with Crippen LogP contribution in [0.15, 0.2) is 346 Å². The summed E-state index contributed by atoms with van der Waals surface area (Å²) < 4.78 is 44.0. The van der Waals surface area contributed by atoms with Crippen molar-refractivity contribution >= 4 is 54.5 Å². The van der Waals surface area contributed by atoms with Crippen molar-refractivity contribution in [2.24, 2.45) is 28.2 Å². The summed E-state index contributed by atoms with van der Waals surface area (Å²) in [5.74, 6) is -2.85. The summed E-state index contributed by atoms with van der Waals surface area (Å²) in [7, 11) is 12.4. The molecule has 0 unspecified atom stereocenters. The summed E-state index contributed by atoms with van der Waals surface area (Å²) in [4.78, 5) is 4.64. The molecular formula is C124H128N6+4. The van der Waals surface area contributed by atoms with Crippen molar-refractivity contribution in [1.82, 2.24) is 0 Å². The van der Waals surface area contributed by atoms with Gasteiger partial charge < -0.3 is 9.80 Å². The van der Waals surface area contributed by atoms with E-state index in [1.54, 1.807) is 0 Å². The molecule has 4 aromatic heterocycles. The van der Waals surface area contributed by atoms with Gasteiger partial charge in [-0.2, -0.15) is 0 Å². The van der Waals surface area contributed by atoms with E-state index in [-0.39, 0.29) is 0 Å². The maximum absolute atomic E-state index is 8.87. The Balaban J connectivity index is 0.000000130. The van der Waals surface area contributed by atoms with E-state index in [9.17, 15) is 0 Å². The van der Waals surface area contributed by atoms with Gasteiger partial charge in [-0.3, -0.25) is 0 Å². The zero-order valence-electron chi connectivity index (χ0n) is 83.6. The Labute approximate surface area is 779 Å². The van der Waals surface area contributed by atoms with Crippen LogP contribution in [0.3, 0.4) is 0 Å². The molecule has 0 spiro atoms. The molecule has 18 aromatic rings. The van der Waals surface area contributed by atoms with E-state index < -0.39 is 23.6 Å². The summed E-state index contributed by atoms with van der Waals surface area (Å²) in [6, 6.07) is 116. The zero-order chi connectivity index (χ0) is 94.8. The second kappa shape index (κ2) is 39.5. The van der Waals surface area contributed by atoms with E-state index in [2.05, 4.69) is 445 Å². The van der Waals surface area contributed by atoms with E-state index in [4.69, 9.17) is 5.48 Å². The summed E-state index contributed by atoms with van der Waals surface area (Å²) in [5, 5.41) is 9.81. The number of pyridine rings is 4. The molecule has 1 saturated heterocycles. The van der Waals surface area contributed by atoms with Gasteiger partial charge in [-0.25, -0.2) is 18.3 Å². The number of piperidine rings is 1. The molecule has 6 heteroatoms. The van der Waals surface area contributed by atoms with Crippen molar-refractivity contribution in [2.75, 3.05) is 37.0 Å². The number of nitrogens with zero attached hydrogens (tertiary/aromatic N) is 6. The maximum atomic E-state index is 8.87. The van der Waals surface area contributed by atoms with Crippen LogP contribution in [0.25, 0.3) is 155 Å². The topological polar surface area (TPSA) is 22.0 Å². The highest BCUT2D eigenvalue weighted by molar-refractivity contribution is 5.96. The highest BCUT2D eigenvalue weighted by Gasteiger charge is 2.27. The van der Waals surface area contributed by atoms with Gasteiger partial charge >= 0.3 is 0 Å². The maximum Gasteiger partial charge on any atom is 0.213 e. The van der Waals surface area contributed by atoms with Crippen molar-refractivity contribution in [3.63, 3.8) is 0 Å². The number of fused-ring (bicyclic) bond motifs is 4. The number of hydrogen-bond acceptors (Lipinski definition) is 2. The predicted molar refractivity (Wildman–Crippen MR) is 555 cm³/mol. The molecule has 650 valence electrons. The number of aromatic nitrogens is 4. The molecule has 1 aliphatic rings. The molecule has 0 amide bonds. The van der Waals surface area contributed by atoms with Gasteiger partial charge in [0.25, 0.3) is 0 Å². The smallest absolute Gasteiger partial charge is 0.213 e. The summed E-state index contributed by atoms with van der Waals surface area (Å²) >= 11 is 0. The lowest BCUT2D eigenvalue weighted by molar-refractivity contribution is -0.660. The second-order valence-electron chi connectivity index (χ2n) is 36.9. The molecule has 0 radical (unpaired) electrons. The number of anilines is 2. The summed E-state index contributed by atoms with van der Waals surface area (Å²) in [6.07, 6.45) is 12.5. The van der Waals surface area contributed by atoms with Crippen LogP contribution < -0.4 is 28.1 Å². The molecule has 1 fully saturated rings.